The van der Waals surface area contributed by atoms with Crippen LogP contribution in [0.15, 0.2) is 0 Å². The average molecular weight is 215 g/mol. The maximum atomic E-state index is 11.3. The van der Waals surface area contributed by atoms with E-state index in [1.54, 1.807) is 0 Å². The van der Waals surface area contributed by atoms with Crippen molar-refractivity contribution in [3.8, 4) is 0 Å². The molecule has 0 aliphatic heterocycles. The summed E-state index contributed by atoms with van der Waals surface area (Å²) in [5.41, 5.74) is 0. The largest absolute Gasteiger partial charge is 0.508 e. The Morgan fingerprint density at radius 1 is 1.25 bits per heavy atom. The van der Waals surface area contributed by atoms with Gasteiger partial charge >= 0.3 is 15.6 Å². The number of hydrogen-bond acceptors (Lipinski definition) is 5. The predicted octanol–water partition coefficient (Wildman–Crippen LogP) is 1.86. The van der Waals surface area contributed by atoms with Crippen molar-refractivity contribution < 1.29 is 22.7 Å². The van der Waals surface area contributed by atoms with Gasteiger partial charge in [-0.2, -0.15) is 0 Å². The van der Waals surface area contributed by atoms with E-state index in [1.165, 1.54) is 21.3 Å². The molecule has 0 aliphatic carbocycles. The van der Waals surface area contributed by atoms with E-state index in [0.717, 1.165) is 0 Å². The molecule has 12 heavy (non-hydrogen) atoms. The maximum Gasteiger partial charge on any atom is 0.508 e. The molecule has 0 fully saturated rings. The van der Waals surface area contributed by atoms with E-state index in [2.05, 4.69) is 13.6 Å². The smallest absolute Gasteiger partial charge is 0.312 e. The summed E-state index contributed by atoms with van der Waals surface area (Å²) in [6.07, 6.45) is 0.299. The molecule has 72 valence electrons. The van der Waals surface area contributed by atoms with Crippen LogP contribution in [0.1, 0.15) is 0 Å². The van der Waals surface area contributed by atoms with Crippen molar-refractivity contribution in [1.82, 2.24) is 0 Å². The van der Waals surface area contributed by atoms with Gasteiger partial charge in [-0.05, 0) is 4.57 Å². The molecule has 5 nitrogen and oxygen atoms in total. The number of hydrogen-bond donors (Lipinski definition) is 0. The highest BCUT2D eigenvalue weighted by atomic mass is 31.2. The molecule has 0 spiro atoms. The fourth-order valence-electron chi connectivity index (χ4n) is 0.553. The Kier molecular flexibility index (Phi) is 5.89. The monoisotopic (exact) mass is 215 g/mol. The van der Waals surface area contributed by atoms with E-state index in [0.29, 0.717) is 0 Å². The highest BCUT2D eigenvalue weighted by Crippen LogP contribution is 2.47. The van der Waals surface area contributed by atoms with Crippen molar-refractivity contribution >= 4 is 15.6 Å². The van der Waals surface area contributed by atoms with Crippen LogP contribution < -0.4 is 0 Å². The zero-order chi connectivity index (χ0) is 9.61. The van der Waals surface area contributed by atoms with Gasteiger partial charge in [0.15, 0.2) is 6.16 Å². The third-order valence-electron chi connectivity index (χ3n) is 1.32. The summed E-state index contributed by atoms with van der Waals surface area (Å²) in [7, 11) is -0.820. The van der Waals surface area contributed by atoms with Crippen LogP contribution in [-0.2, 0) is 22.7 Å². The van der Waals surface area contributed by atoms with E-state index in [4.69, 9.17) is 0 Å². The fraction of sp³-hybridized carbons (Fsp3) is 1.00. The van der Waals surface area contributed by atoms with Gasteiger partial charge in [-0.15, -0.1) is 4.52 Å². The molecule has 0 bridgehead atoms. The minimum Gasteiger partial charge on any atom is -0.312 e. The Bertz CT molecular complexity index is 184. The second kappa shape index (κ2) is 5.79. The molecule has 1 unspecified atom stereocenters. The molecule has 0 saturated carbocycles. The van der Waals surface area contributed by atoms with Crippen molar-refractivity contribution in [1.29, 1.82) is 0 Å². The van der Waals surface area contributed by atoms with Crippen molar-refractivity contribution in [2.75, 3.05) is 33.7 Å². The first-order valence-corrected chi connectivity index (χ1v) is 6.36. The normalized spacial score (nSPS) is 13.1. The quantitative estimate of drug-likeness (QED) is 0.633. The Balaban J connectivity index is 3.89. The summed E-state index contributed by atoms with van der Waals surface area (Å²) in [6.45, 7) is 0. The van der Waals surface area contributed by atoms with Gasteiger partial charge in [0.25, 0.3) is 0 Å². The molecule has 0 N–H and O–H groups in total. The first-order chi connectivity index (χ1) is 5.58. The Hall–Kier alpha value is 0.210. The zero-order valence-electron chi connectivity index (χ0n) is 7.35. The third kappa shape index (κ3) is 4.29. The lowest BCUT2D eigenvalue weighted by atomic mass is 11.0. The van der Waals surface area contributed by atoms with Crippen LogP contribution >= 0.6 is 15.6 Å². The lowest BCUT2D eigenvalue weighted by molar-refractivity contribution is 0.277. The molecular formula is C5H13O5P2+. The summed E-state index contributed by atoms with van der Waals surface area (Å²) in [6, 6.07) is 0. The summed E-state index contributed by atoms with van der Waals surface area (Å²) >= 11 is 0. The lowest BCUT2D eigenvalue weighted by Crippen LogP contribution is -1.97. The molecule has 0 aromatic heterocycles. The topological polar surface area (TPSA) is 61.8 Å². The van der Waals surface area contributed by atoms with Crippen LogP contribution in [0, 0.1) is 0 Å². The Morgan fingerprint density at radius 3 is 2.08 bits per heavy atom. The summed E-state index contributed by atoms with van der Waals surface area (Å²) in [4.78, 5) is 0. The average Bonchev–Trinajstić information content (AvgIpc) is 2.13. The SMILES string of the molecule is CO[P+](=O)CCP(=O)(OC)OC. The van der Waals surface area contributed by atoms with Gasteiger partial charge in [0, 0.05) is 14.2 Å². The Morgan fingerprint density at radius 2 is 1.75 bits per heavy atom. The third-order valence-corrected chi connectivity index (χ3v) is 4.55. The minimum atomic E-state index is -3.01. The molecule has 0 saturated heterocycles. The molecule has 1 atom stereocenters. The molecule has 0 amide bonds. The zero-order valence-corrected chi connectivity index (χ0v) is 9.14. The van der Waals surface area contributed by atoms with Crippen molar-refractivity contribution in [2.45, 2.75) is 0 Å². The first-order valence-electron chi connectivity index (χ1n) is 3.27. The summed E-state index contributed by atoms with van der Waals surface area (Å²) in [5.74, 6) is 0. The van der Waals surface area contributed by atoms with E-state index in [9.17, 15) is 9.13 Å². The molecule has 0 aromatic carbocycles. The predicted molar refractivity (Wildman–Crippen MR) is 46.0 cm³/mol. The van der Waals surface area contributed by atoms with Crippen LogP contribution in [0.5, 0.6) is 0 Å². The fourth-order valence-corrected chi connectivity index (χ4v) is 2.88. The minimum absolute atomic E-state index is 0.114. The van der Waals surface area contributed by atoms with Gasteiger partial charge in [0.05, 0.1) is 13.3 Å². The molecule has 0 heterocycles. The van der Waals surface area contributed by atoms with Gasteiger partial charge in [0.2, 0.25) is 0 Å². The molecule has 0 aromatic rings. The highest BCUT2D eigenvalue weighted by molar-refractivity contribution is 7.54. The van der Waals surface area contributed by atoms with Gasteiger partial charge in [0.1, 0.15) is 0 Å². The molecule has 0 aliphatic rings. The highest BCUT2D eigenvalue weighted by Gasteiger charge is 2.27. The maximum absolute atomic E-state index is 11.3. The van der Waals surface area contributed by atoms with Gasteiger partial charge in [-0.3, -0.25) is 4.57 Å². The van der Waals surface area contributed by atoms with E-state index >= 15 is 0 Å². The van der Waals surface area contributed by atoms with Gasteiger partial charge in [-0.1, -0.05) is 0 Å². The van der Waals surface area contributed by atoms with Crippen molar-refractivity contribution in [3.05, 3.63) is 0 Å². The van der Waals surface area contributed by atoms with Crippen molar-refractivity contribution in [2.24, 2.45) is 0 Å². The molecule has 0 radical (unpaired) electrons. The lowest BCUT2D eigenvalue weighted by Gasteiger charge is -2.09. The molecular weight excluding hydrogens is 202 g/mol. The summed E-state index contributed by atoms with van der Waals surface area (Å²) in [5, 5.41) is 0. The van der Waals surface area contributed by atoms with E-state index in [-0.39, 0.29) is 12.3 Å². The number of rotatable bonds is 6. The van der Waals surface area contributed by atoms with Crippen LogP contribution in [-0.4, -0.2) is 33.7 Å². The van der Waals surface area contributed by atoms with Crippen LogP contribution in [0.4, 0.5) is 0 Å². The van der Waals surface area contributed by atoms with E-state index < -0.39 is 15.6 Å². The molecule has 7 heteroatoms. The van der Waals surface area contributed by atoms with Crippen molar-refractivity contribution in [3.63, 3.8) is 0 Å². The van der Waals surface area contributed by atoms with Crippen LogP contribution in [0.25, 0.3) is 0 Å². The molecule has 0 rings (SSSR count). The standard InChI is InChI=1S/C5H13O5P2/c1-8-11(6)4-5-12(7,9-2)10-3/h4-5H2,1-3H3/q+1. The summed E-state index contributed by atoms with van der Waals surface area (Å²) < 4.78 is 35.9. The second-order valence-corrected chi connectivity index (χ2v) is 5.82. The van der Waals surface area contributed by atoms with Crippen LogP contribution in [0.3, 0.4) is 0 Å². The first kappa shape index (κ1) is 12.2. The van der Waals surface area contributed by atoms with E-state index in [1.807, 2.05) is 0 Å². The second-order valence-electron chi connectivity index (χ2n) is 1.94. The van der Waals surface area contributed by atoms with Gasteiger partial charge < -0.3 is 9.05 Å². The Labute approximate surface area is 72.8 Å². The van der Waals surface area contributed by atoms with Crippen LogP contribution in [0.2, 0.25) is 0 Å². The van der Waals surface area contributed by atoms with Gasteiger partial charge in [-0.25, -0.2) is 0 Å².